The lowest BCUT2D eigenvalue weighted by molar-refractivity contribution is 0.0953. The van der Waals surface area contributed by atoms with E-state index in [0.717, 1.165) is 6.42 Å². The van der Waals surface area contributed by atoms with Crippen LogP contribution in [-0.4, -0.2) is 45.4 Å². The van der Waals surface area contributed by atoms with Gasteiger partial charge in [0.05, 0.1) is 19.8 Å². The van der Waals surface area contributed by atoms with Crippen LogP contribution in [0.1, 0.15) is 30.6 Å². The molecule has 0 saturated carbocycles. The molecule has 0 unspecified atom stereocenters. The number of ether oxygens (including phenoxy) is 3. The van der Waals surface area contributed by atoms with E-state index in [1.807, 2.05) is 13.8 Å². The van der Waals surface area contributed by atoms with Crippen LogP contribution >= 0.6 is 0 Å². The first-order valence-electron chi connectivity index (χ1n) is 7.25. The van der Waals surface area contributed by atoms with Gasteiger partial charge < -0.3 is 14.2 Å². The van der Waals surface area contributed by atoms with Gasteiger partial charge in [0.2, 0.25) is 0 Å². The van der Waals surface area contributed by atoms with Crippen molar-refractivity contribution in [2.75, 3.05) is 27.4 Å². The highest BCUT2D eigenvalue weighted by atomic mass is 16.5. The molecular weight excluding hydrogens is 284 g/mol. The van der Waals surface area contributed by atoms with Crippen molar-refractivity contribution in [3.63, 3.8) is 0 Å². The fourth-order valence-electron chi connectivity index (χ4n) is 1.55. The molecule has 0 aliphatic rings. The first-order chi connectivity index (χ1) is 10.6. The van der Waals surface area contributed by atoms with Crippen molar-refractivity contribution in [3.05, 3.63) is 29.8 Å². The normalized spacial score (nSPS) is 12.6. The van der Waals surface area contributed by atoms with E-state index in [0.29, 0.717) is 24.5 Å². The Bertz CT molecular complexity index is 503. The Morgan fingerprint density at radius 3 is 2.73 bits per heavy atom. The third kappa shape index (κ3) is 6.13. The lowest BCUT2D eigenvalue weighted by Crippen LogP contribution is -2.34. The molecule has 0 aliphatic heterocycles. The molecular formula is C16H24N2O4. The average Bonchev–Trinajstić information content (AvgIpc) is 2.54. The van der Waals surface area contributed by atoms with Gasteiger partial charge >= 0.3 is 0 Å². The highest BCUT2D eigenvalue weighted by molar-refractivity contribution is 6.04. The van der Waals surface area contributed by atoms with Crippen molar-refractivity contribution in [2.24, 2.45) is 4.99 Å². The highest BCUT2D eigenvalue weighted by Crippen LogP contribution is 2.12. The first kappa shape index (κ1) is 18.0. The number of carbonyl (C=O) groups is 1. The van der Waals surface area contributed by atoms with E-state index in [4.69, 9.17) is 14.2 Å². The molecule has 0 aliphatic carbocycles. The van der Waals surface area contributed by atoms with E-state index in [1.165, 1.54) is 0 Å². The molecule has 0 heterocycles. The minimum atomic E-state index is -0.293. The summed E-state index contributed by atoms with van der Waals surface area (Å²) in [6.07, 6.45) is 0.853. The second-order valence-electron chi connectivity index (χ2n) is 4.72. The number of amidine groups is 1. The van der Waals surface area contributed by atoms with Crippen LogP contribution in [0.25, 0.3) is 0 Å². The Morgan fingerprint density at radius 1 is 1.32 bits per heavy atom. The van der Waals surface area contributed by atoms with Crippen LogP contribution < -0.4 is 10.1 Å². The predicted octanol–water partition coefficient (Wildman–Crippen LogP) is 2.24. The summed E-state index contributed by atoms with van der Waals surface area (Å²) >= 11 is 0. The summed E-state index contributed by atoms with van der Waals surface area (Å²) in [6.45, 7) is 4.72. The van der Waals surface area contributed by atoms with Crippen molar-refractivity contribution >= 4 is 11.9 Å². The molecule has 0 radical (unpaired) electrons. The average molecular weight is 308 g/mol. The molecule has 1 aromatic carbocycles. The molecule has 1 N–H and O–H groups in total. The van der Waals surface area contributed by atoms with Gasteiger partial charge in [-0.3, -0.25) is 10.1 Å². The van der Waals surface area contributed by atoms with Crippen LogP contribution in [0.4, 0.5) is 0 Å². The van der Waals surface area contributed by atoms with E-state index in [9.17, 15) is 4.79 Å². The van der Waals surface area contributed by atoms with Gasteiger partial charge in [0.15, 0.2) is 0 Å². The summed E-state index contributed by atoms with van der Waals surface area (Å²) in [5.41, 5.74) is 0.478. The third-order valence-electron chi connectivity index (χ3n) is 3.01. The maximum Gasteiger partial charge on any atom is 0.292 e. The topological polar surface area (TPSA) is 69.2 Å². The molecule has 22 heavy (non-hydrogen) atoms. The second kappa shape index (κ2) is 9.78. The summed E-state index contributed by atoms with van der Waals surface area (Å²) < 4.78 is 15.5. The molecule has 1 rings (SSSR count). The zero-order valence-electron chi connectivity index (χ0n) is 13.6. The van der Waals surface area contributed by atoms with Gasteiger partial charge in [0, 0.05) is 12.7 Å². The van der Waals surface area contributed by atoms with Crippen molar-refractivity contribution in [2.45, 2.75) is 26.3 Å². The highest BCUT2D eigenvalue weighted by Gasteiger charge is 2.12. The maximum absolute atomic E-state index is 12.3. The molecule has 1 amide bonds. The Balaban J connectivity index is 2.78. The van der Waals surface area contributed by atoms with Gasteiger partial charge in [-0.25, -0.2) is 4.99 Å². The van der Waals surface area contributed by atoms with Crippen molar-refractivity contribution < 1.29 is 19.0 Å². The number of benzene rings is 1. The number of nitrogens with zero attached hydrogens (tertiary/aromatic N) is 1. The molecule has 6 heteroatoms. The number of hydrogen-bond donors (Lipinski definition) is 1. The quantitative estimate of drug-likeness (QED) is 0.476. The summed E-state index contributed by atoms with van der Waals surface area (Å²) in [5, 5.41) is 2.69. The van der Waals surface area contributed by atoms with Crippen LogP contribution in [0.5, 0.6) is 5.75 Å². The number of nitrogens with one attached hydrogen (secondary N) is 1. The molecule has 0 spiro atoms. The SMILES string of the molecule is CC[C@@H](C)N=C(NC(=O)c1cccc(OC)c1)OCCOC. The fourth-order valence-corrected chi connectivity index (χ4v) is 1.55. The minimum absolute atomic E-state index is 0.0585. The predicted molar refractivity (Wildman–Crippen MR) is 85.5 cm³/mol. The Hall–Kier alpha value is -2.08. The first-order valence-corrected chi connectivity index (χ1v) is 7.25. The maximum atomic E-state index is 12.3. The standard InChI is InChI=1S/C16H24N2O4/c1-5-12(2)17-16(22-10-9-20-3)18-15(19)13-7-6-8-14(11-13)21-4/h6-8,11-12H,5,9-10H2,1-4H3,(H,17,18,19)/t12-/m1/s1. The van der Waals surface area contributed by atoms with Gasteiger partial charge in [-0.1, -0.05) is 13.0 Å². The van der Waals surface area contributed by atoms with Gasteiger partial charge in [-0.05, 0) is 31.5 Å². The van der Waals surface area contributed by atoms with Crippen LogP contribution in [0, 0.1) is 0 Å². The van der Waals surface area contributed by atoms with Crippen LogP contribution in [0.2, 0.25) is 0 Å². The molecule has 1 aromatic rings. The van der Waals surface area contributed by atoms with Gasteiger partial charge in [-0.15, -0.1) is 0 Å². The van der Waals surface area contributed by atoms with Crippen molar-refractivity contribution in [1.82, 2.24) is 5.32 Å². The van der Waals surface area contributed by atoms with Crippen molar-refractivity contribution in [1.29, 1.82) is 0 Å². The molecule has 0 saturated heterocycles. The number of hydrogen-bond acceptors (Lipinski definition) is 5. The van der Waals surface area contributed by atoms with Gasteiger partial charge in [0.1, 0.15) is 12.4 Å². The lowest BCUT2D eigenvalue weighted by atomic mass is 10.2. The summed E-state index contributed by atoms with van der Waals surface area (Å²) in [4.78, 5) is 16.6. The number of carbonyl (C=O) groups excluding carboxylic acids is 1. The number of aliphatic imine (C=N–C) groups is 1. The largest absolute Gasteiger partial charge is 0.497 e. The zero-order valence-corrected chi connectivity index (χ0v) is 13.6. The number of rotatable bonds is 7. The Kier molecular flexibility index (Phi) is 7.99. The minimum Gasteiger partial charge on any atom is -0.497 e. The van der Waals surface area contributed by atoms with Crippen LogP contribution in [-0.2, 0) is 9.47 Å². The Labute approximate surface area is 131 Å². The van der Waals surface area contributed by atoms with Crippen LogP contribution in [0.15, 0.2) is 29.3 Å². The third-order valence-corrected chi connectivity index (χ3v) is 3.01. The van der Waals surface area contributed by atoms with Gasteiger partial charge in [0.25, 0.3) is 11.9 Å². The van der Waals surface area contributed by atoms with Crippen LogP contribution in [0.3, 0.4) is 0 Å². The smallest absolute Gasteiger partial charge is 0.292 e. The van der Waals surface area contributed by atoms with E-state index in [2.05, 4.69) is 10.3 Å². The molecule has 122 valence electrons. The molecule has 1 atom stereocenters. The molecule has 0 bridgehead atoms. The fraction of sp³-hybridized carbons (Fsp3) is 0.500. The second-order valence-corrected chi connectivity index (χ2v) is 4.72. The van der Waals surface area contributed by atoms with Crippen molar-refractivity contribution in [3.8, 4) is 5.75 Å². The molecule has 0 aromatic heterocycles. The monoisotopic (exact) mass is 308 g/mol. The number of amides is 1. The zero-order chi connectivity index (χ0) is 16.4. The lowest BCUT2D eigenvalue weighted by Gasteiger charge is -2.13. The molecule has 0 fully saturated rings. The van der Waals surface area contributed by atoms with E-state index >= 15 is 0 Å². The summed E-state index contributed by atoms with van der Waals surface area (Å²) in [5.74, 6) is 0.326. The summed E-state index contributed by atoms with van der Waals surface area (Å²) in [6, 6.07) is 7.16. The summed E-state index contributed by atoms with van der Waals surface area (Å²) in [7, 11) is 3.14. The Morgan fingerprint density at radius 2 is 2.09 bits per heavy atom. The van der Waals surface area contributed by atoms with Gasteiger partial charge in [-0.2, -0.15) is 0 Å². The molecule has 6 nitrogen and oxygen atoms in total. The van der Waals surface area contributed by atoms with E-state index < -0.39 is 0 Å². The van der Waals surface area contributed by atoms with E-state index in [1.54, 1.807) is 38.5 Å². The van der Waals surface area contributed by atoms with E-state index in [-0.39, 0.29) is 18.0 Å². The number of methoxy groups -OCH3 is 2.